The predicted molar refractivity (Wildman–Crippen MR) is 101 cm³/mol. The second-order valence-corrected chi connectivity index (χ2v) is 5.70. The molecule has 0 unspecified atom stereocenters. The smallest absolute Gasteiger partial charge is 0.336 e. The maximum atomic E-state index is 12.2. The van der Waals surface area contributed by atoms with Gasteiger partial charge < -0.3 is 19.8 Å². The van der Waals surface area contributed by atoms with Crippen LogP contribution in [-0.4, -0.2) is 25.0 Å². The van der Waals surface area contributed by atoms with Crippen molar-refractivity contribution in [2.75, 3.05) is 18.5 Å². The number of carbonyl (C=O) groups is 2. The Bertz CT molecular complexity index is 1040. The summed E-state index contributed by atoms with van der Waals surface area (Å²) in [6.45, 7) is 2.05. The average molecular weight is 366 g/mol. The number of anilines is 1. The van der Waals surface area contributed by atoms with Gasteiger partial charge in [-0.05, 0) is 37.3 Å². The fourth-order valence-electron chi connectivity index (χ4n) is 2.51. The number of benzene rings is 2. The molecular weight excluding hydrogens is 348 g/mol. The molecule has 7 nitrogen and oxygen atoms in total. The molecule has 0 fully saturated rings. The fourth-order valence-corrected chi connectivity index (χ4v) is 2.51. The zero-order valence-corrected chi connectivity index (χ0v) is 14.7. The summed E-state index contributed by atoms with van der Waals surface area (Å²) >= 11 is 0. The normalized spacial score (nSPS) is 10.4. The van der Waals surface area contributed by atoms with E-state index in [1.54, 1.807) is 48.5 Å². The number of ether oxygens (including phenoxy) is 1. The Balaban J connectivity index is 1.67. The number of amides is 2. The van der Waals surface area contributed by atoms with Gasteiger partial charge in [-0.2, -0.15) is 0 Å². The van der Waals surface area contributed by atoms with Crippen molar-refractivity contribution in [2.24, 2.45) is 0 Å². The van der Waals surface area contributed by atoms with Crippen molar-refractivity contribution in [2.45, 2.75) is 6.92 Å². The topological polar surface area (TPSA) is 97.6 Å². The van der Waals surface area contributed by atoms with Crippen LogP contribution in [0.1, 0.15) is 17.3 Å². The van der Waals surface area contributed by atoms with Gasteiger partial charge in [-0.3, -0.25) is 9.59 Å². The van der Waals surface area contributed by atoms with Crippen LogP contribution in [0.2, 0.25) is 0 Å². The van der Waals surface area contributed by atoms with Gasteiger partial charge in [0, 0.05) is 24.1 Å². The van der Waals surface area contributed by atoms with Gasteiger partial charge >= 0.3 is 5.63 Å². The lowest BCUT2D eigenvalue weighted by Crippen LogP contribution is -2.26. The third-order valence-corrected chi connectivity index (χ3v) is 3.75. The summed E-state index contributed by atoms with van der Waals surface area (Å²) in [7, 11) is 0. The summed E-state index contributed by atoms with van der Waals surface area (Å²) < 4.78 is 10.6. The Morgan fingerprint density at radius 1 is 1.07 bits per heavy atom. The Labute approximate surface area is 154 Å². The number of para-hydroxylation sites is 1. The number of hydrogen-bond donors (Lipinski definition) is 2. The van der Waals surface area contributed by atoms with E-state index in [1.807, 2.05) is 6.92 Å². The highest BCUT2D eigenvalue weighted by Gasteiger charge is 2.12. The summed E-state index contributed by atoms with van der Waals surface area (Å²) in [6.07, 6.45) is 0. The maximum absolute atomic E-state index is 12.2. The monoisotopic (exact) mass is 366 g/mol. The second kappa shape index (κ2) is 8.18. The molecule has 0 atom stereocenters. The lowest BCUT2D eigenvalue weighted by molar-refractivity contribution is -0.118. The van der Waals surface area contributed by atoms with Crippen LogP contribution in [0.5, 0.6) is 5.75 Å². The number of fused-ring (bicyclic) bond motifs is 1. The van der Waals surface area contributed by atoms with E-state index in [4.69, 9.17) is 9.15 Å². The van der Waals surface area contributed by atoms with E-state index in [2.05, 4.69) is 10.6 Å². The van der Waals surface area contributed by atoms with Gasteiger partial charge in [-0.15, -0.1) is 0 Å². The first-order chi connectivity index (χ1) is 13.1. The molecule has 0 bridgehead atoms. The first kappa shape index (κ1) is 18.2. The van der Waals surface area contributed by atoms with Crippen LogP contribution < -0.4 is 21.0 Å². The van der Waals surface area contributed by atoms with Gasteiger partial charge in [0.25, 0.3) is 11.8 Å². The third-order valence-electron chi connectivity index (χ3n) is 3.75. The molecule has 3 rings (SSSR count). The van der Waals surface area contributed by atoms with Gasteiger partial charge in [0.1, 0.15) is 11.3 Å². The highest BCUT2D eigenvalue weighted by Crippen LogP contribution is 2.20. The molecule has 27 heavy (non-hydrogen) atoms. The zero-order valence-electron chi connectivity index (χ0n) is 14.7. The molecule has 138 valence electrons. The number of rotatable bonds is 6. The van der Waals surface area contributed by atoms with Crippen molar-refractivity contribution in [1.82, 2.24) is 5.32 Å². The van der Waals surface area contributed by atoms with Crippen LogP contribution in [0.3, 0.4) is 0 Å². The van der Waals surface area contributed by atoms with Crippen LogP contribution in [0.15, 0.2) is 63.8 Å². The predicted octanol–water partition coefficient (Wildman–Crippen LogP) is 2.56. The van der Waals surface area contributed by atoms with Crippen molar-refractivity contribution in [3.05, 3.63) is 70.6 Å². The maximum Gasteiger partial charge on any atom is 0.336 e. The number of carbonyl (C=O) groups excluding carboxylic acids is 2. The molecule has 1 aromatic heterocycles. The van der Waals surface area contributed by atoms with Gasteiger partial charge in [0.15, 0.2) is 6.61 Å². The summed E-state index contributed by atoms with van der Waals surface area (Å²) in [5.74, 6) is -0.288. The average Bonchev–Trinajstić information content (AvgIpc) is 2.66. The third kappa shape index (κ3) is 4.52. The quantitative estimate of drug-likeness (QED) is 0.654. The van der Waals surface area contributed by atoms with E-state index in [0.29, 0.717) is 29.1 Å². The van der Waals surface area contributed by atoms with Crippen molar-refractivity contribution < 1.29 is 18.7 Å². The lowest BCUT2D eigenvalue weighted by atomic mass is 10.1. The zero-order chi connectivity index (χ0) is 19.2. The molecule has 1 heterocycles. The Morgan fingerprint density at radius 3 is 2.67 bits per heavy atom. The van der Waals surface area contributed by atoms with Gasteiger partial charge in [-0.25, -0.2) is 4.79 Å². The van der Waals surface area contributed by atoms with Crippen LogP contribution in [0.4, 0.5) is 5.69 Å². The Kier molecular flexibility index (Phi) is 5.51. The van der Waals surface area contributed by atoms with E-state index in [9.17, 15) is 14.4 Å². The summed E-state index contributed by atoms with van der Waals surface area (Å²) in [5.41, 5.74) is 0.697. The molecule has 2 N–H and O–H groups in total. The molecule has 0 radical (unpaired) electrons. The van der Waals surface area contributed by atoms with Crippen LogP contribution >= 0.6 is 0 Å². The minimum Gasteiger partial charge on any atom is -0.484 e. The van der Waals surface area contributed by atoms with E-state index in [-0.39, 0.29) is 12.5 Å². The molecule has 2 aromatic carbocycles. The number of hydrogen-bond acceptors (Lipinski definition) is 5. The van der Waals surface area contributed by atoms with E-state index < -0.39 is 11.5 Å². The minimum atomic E-state index is -0.459. The summed E-state index contributed by atoms with van der Waals surface area (Å²) in [4.78, 5) is 35.5. The van der Waals surface area contributed by atoms with E-state index in [1.165, 1.54) is 6.07 Å². The largest absolute Gasteiger partial charge is 0.484 e. The summed E-state index contributed by atoms with van der Waals surface area (Å²) in [5, 5.41) is 6.12. The van der Waals surface area contributed by atoms with Crippen molar-refractivity contribution in [3.63, 3.8) is 0 Å². The Hall–Kier alpha value is -3.61. The lowest BCUT2D eigenvalue weighted by Gasteiger charge is -2.11. The highest BCUT2D eigenvalue weighted by molar-refractivity contribution is 6.04. The molecule has 2 amide bonds. The number of nitrogens with one attached hydrogen (secondary N) is 2. The molecule has 0 spiro atoms. The molecule has 7 heteroatoms. The van der Waals surface area contributed by atoms with Crippen LogP contribution in [-0.2, 0) is 4.79 Å². The first-order valence-electron chi connectivity index (χ1n) is 8.40. The highest BCUT2D eigenvalue weighted by atomic mass is 16.5. The molecule has 3 aromatic rings. The van der Waals surface area contributed by atoms with E-state index in [0.717, 1.165) is 5.39 Å². The van der Waals surface area contributed by atoms with Crippen molar-refractivity contribution in [3.8, 4) is 5.75 Å². The molecule has 0 aliphatic carbocycles. The molecule has 0 saturated carbocycles. The molecule has 0 saturated heterocycles. The standard InChI is InChI=1S/C20H18N2O5/c1-2-21-20(25)15-5-3-4-6-16(15)22-18(23)12-26-14-9-7-13-8-10-19(24)27-17(13)11-14/h3-11H,2,12H2,1H3,(H,21,25)(H,22,23). The molecular formula is C20H18N2O5. The van der Waals surface area contributed by atoms with Crippen LogP contribution in [0.25, 0.3) is 11.0 Å². The fraction of sp³-hybridized carbons (Fsp3) is 0.150. The van der Waals surface area contributed by atoms with Crippen molar-refractivity contribution in [1.29, 1.82) is 0 Å². The van der Waals surface area contributed by atoms with E-state index >= 15 is 0 Å². The minimum absolute atomic E-state index is 0.258. The van der Waals surface area contributed by atoms with Crippen LogP contribution in [0, 0.1) is 0 Å². The summed E-state index contributed by atoms with van der Waals surface area (Å²) in [6, 6.07) is 14.7. The second-order valence-electron chi connectivity index (χ2n) is 5.70. The first-order valence-corrected chi connectivity index (χ1v) is 8.40. The molecule has 0 aliphatic rings. The molecule has 0 aliphatic heterocycles. The SMILES string of the molecule is CCNC(=O)c1ccccc1NC(=O)COc1ccc2ccc(=O)oc2c1. The van der Waals surface area contributed by atoms with Crippen molar-refractivity contribution >= 4 is 28.5 Å². The van der Waals surface area contributed by atoms with Gasteiger partial charge in [-0.1, -0.05) is 12.1 Å². The van der Waals surface area contributed by atoms with Gasteiger partial charge in [0.2, 0.25) is 0 Å². The van der Waals surface area contributed by atoms with Gasteiger partial charge in [0.05, 0.1) is 11.3 Å². The Morgan fingerprint density at radius 2 is 1.85 bits per heavy atom.